The van der Waals surface area contributed by atoms with E-state index < -0.39 is 0 Å². The largest absolute Gasteiger partial charge is 0.103 e. The molecule has 82 valence electrons. The van der Waals surface area contributed by atoms with Gasteiger partial charge < -0.3 is 0 Å². The zero-order chi connectivity index (χ0) is 11.5. The normalized spacial score (nSPS) is 6.69. The Balaban J connectivity index is -0.0000000457. The molecule has 0 saturated carbocycles. The van der Waals surface area contributed by atoms with Crippen molar-refractivity contribution < 1.29 is 0 Å². The molecule has 0 heterocycles. The van der Waals surface area contributed by atoms with Crippen LogP contribution in [0.15, 0.2) is 24.8 Å². The van der Waals surface area contributed by atoms with Crippen LogP contribution in [0.1, 0.15) is 61.3 Å². The van der Waals surface area contributed by atoms with Crippen LogP contribution in [-0.4, -0.2) is 0 Å². The minimum absolute atomic E-state index is 1.08. The molecule has 0 N–H and O–H groups in total. The van der Waals surface area contributed by atoms with Crippen LogP contribution in [0.3, 0.4) is 0 Å². The molecule has 0 aromatic rings. The van der Waals surface area contributed by atoms with Crippen molar-refractivity contribution in [2.75, 3.05) is 0 Å². The Hall–Kier alpha value is -0.520. The third-order valence-electron chi connectivity index (χ3n) is 0.760. The van der Waals surface area contributed by atoms with Crippen molar-refractivity contribution in [2.45, 2.75) is 61.3 Å². The van der Waals surface area contributed by atoms with E-state index in [9.17, 15) is 0 Å². The molecule has 0 aliphatic carbocycles. The predicted molar refractivity (Wildman–Crippen MR) is 68.3 cm³/mol. The molecule has 0 fully saturated rings. The first kappa shape index (κ1) is 22.9. The summed E-state index contributed by atoms with van der Waals surface area (Å²) < 4.78 is 0. The standard InChI is InChI=1S/C5H10.C4H8.2C2H6/c1-3-5-4-2;1-3-4-2;2*1-2/h3,5H,4H2,1-2H3;3H,1,4H2,2H3;2*1-2H3/b5-3+;;;. The lowest BCUT2D eigenvalue weighted by atomic mass is 10.4. The van der Waals surface area contributed by atoms with Gasteiger partial charge in [0.1, 0.15) is 0 Å². The first-order chi connectivity index (χ1) is 6.33. The maximum Gasteiger partial charge on any atom is -0.0379 e. The van der Waals surface area contributed by atoms with Crippen LogP contribution in [0.2, 0.25) is 0 Å². The molecule has 0 bridgehead atoms. The van der Waals surface area contributed by atoms with Gasteiger partial charge in [0, 0.05) is 0 Å². The number of allylic oxidation sites excluding steroid dienone is 3. The fraction of sp³-hybridized carbons (Fsp3) is 0.692. The molecule has 0 aromatic carbocycles. The lowest BCUT2D eigenvalue weighted by molar-refractivity contribution is 1.22. The molecule has 0 aliphatic rings. The molecular weight excluding hydrogens is 156 g/mol. The SMILES string of the molecule is C/C=C/CC.C=CCC.CC.CC. The quantitative estimate of drug-likeness (QED) is 0.492. The molecule has 0 spiro atoms. The Kier molecular flexibility index (Phi) is 111. The Morgan fingerprint density at radius 1 is 0.923 bits per heavy atom. The van der Waals surface area contributed by atoms with Crippen LogP contribution >= 0.6 is 0 Å². The molecule has 0 aliphatic heterocycles. The molecule has 13 heavy (non-hydrogen) atoms. The topological polar surface area (TPSA) is 0 Å². The summed E-state index contributed by atoms with van der Waals surface area (Å²) in [6.07, 6.45) is 8.30. The Morgan fingerprint density at radius 3 is 1.23 bits per heavy atom. The van der Waals surface area contributed by atoms with Gasteiger partial charge in [0.25, 0.3) is 0 Å². The molecule has 0 amide bonds. The van der Waals surface area contributed by atoms with Gasteiger partial charge in [-0.15, -0.1) is 6.58 Å². The molecule has 0 unspecified atom stereocenters. The van der Waals surface area contributed by atoms with Gasteiger partial charge in [-0.25, -0.2) is 0 Å². The third-order valence-corrected chi connectivity index (χ3v) is 0.760. The summed E-state index contributed by atoms with van der Waals surface area (Å²) in [6, 6.07) is 0. The van der Waals surface area contributed by atoms with Crippen molar-refractivity contribution >= 4 is 0 Å². The molecule has 0 saturated heterocycles. The minimum Gasteiger partial charge on any atom is -0.103 e. The molecule has 0 atom stereocenters. The highest BCUT2D eigenvalue weighted by atomic mass is 13.6. The summed E-state index contributed by atoms with van der Waals surface area (Å²) in [5.41, 5.74) is 0. The average molecular weight is 186 g/mol. The maximum absolute atomic E-state index is 3.48. The second-order valence-electron chi connectivity index (χ2n) is 1.67. The Morgan fingerprint density at radius 2 is 1.23 bits per heavy atom. The highest BCUT2D eigenvalue weighted by molar-refractivity contribution is 4.73. The van der Waals surface area contributed by atoms with Crippen molar-refractivity contribution in [3.05, 3.63) is 24.8 Å². The second-order valence-corrected chi connectivity index (χ2v) is 1.67. The number of rotatable bonds is 2. The summed E-state index contributed by atoms with van der Waals surface area (Å²) in [7, 11) is 0. The van der Waals surface area contributed by atoms with Crippen molar-refractivity contribution in [1.29, 1.82) is 0 Å². The van der Waals surface area contributed by atoms with Crippen molar-refractivity contribution in [2.24, 2.45) is 0 Å². The van der Waals surface area contributed by atoms with E-state index in [2.05, 4.69) is 32.6 Å². The van der Waals surface area contributed by atoms with Crippen molar-refractivity contribution in [1.82, 2.24) is 0 Å². The van der Waals surface area contributed by atoms with Gasteiger partial charge in [0.2, 0.25) is 0 Å². The summed E-state index contributed by atoms with van der Waals surface area (Å²) in [6.45, 7) is 17.7. The Bertz CT molecular complexity index is 60.4. The van der Waals surface area contributed by atoms with E-state index in [0.29, 0.717) is 0 Å². The van der Waals surface area contributed by atoms with Gasteiger partial charge in [-0.3, -0.25) is 0 Å². The maximum atomic E-state index is 3.48. The highest BCUT2D eigenvalue weighted by Gasteiger charge is 1.52. The Labute approximate surface area is 86.8 Å². The van der Waals surface area contributed by atoms with E-state index >= 15 is 0 Å². The highest BCUT2D eigenvalue weighted by Crippen LogP contribution is 1.73. The van der Waals surface area contributed by atoms with E-state index in [1.165, 1.54) is 0 Å². The zero-order valence-electron chi connectivity index (χ0n) is 10.9. The first-order valence-corrected chi connectivity index (χ1v) is 5.55. The van der Waals surface area contributed by atoms with Gasteiger partial charge in [-0.05, 0) is 19.8 Å². The fourth-order valence-corrected chi connectivity index (χ4v) is 0.236. The summed E-state index contributed by atoms with van der Waals surface area (Å²) >= 11 is 0. The second kappa shape index (κ2) is 62.8. The molecule has 0 aromatic heterocycles. The average Bonchev–Trinajstić information content (AvgIpc) is 2.25. The molecule has 0 rings (SSSR count). The van der Waals surface area contributed by atoms with Crippen LogP contribution in [0.25, 0.3) is 0 Å². The lowest BCUT2D eigenvalue weighted by Crippen LogP contribution is -1.43. The van der Waals surface area contributed by atoms with E-state index in [1.807, 2.05) is 40.7 Å². The van der Waals surface area contributed by atoms with Gasteiger partial charge in [0.15, 0.2) is 0 Å². The predicted octanol–water partition coefficient (Wildman–Crippen LogP) is 5.61. The van der Waals surface area contributed by atoms with Crippen LogP contribution in [0.4, 0.5) is 0 Å². The van der Waals surface area contributed by atoms with E-state index in [0.717, 1.165) is 12.8 Å². The van der Waals surface area contributed by atoms with Gasteiger partial charge in [0.05, 0.1) is 0 Å². The monoisotopic (exact) mass is 186 g/mol. The van der Waals surface area contributed by atoms with E-state index in [4.69, 9.17) is 0 Å². The van der Waals surface area contributed by atoms with E-state index in [1.54, 1.807) is 0 Å². The van der Waals surface area contributed by atoms with E-state index in [-0.39, 0.29) is 0 Å². The molecular formula is C13H30. The number of hydrogen-bond donors (Lipinski definition) is 0. The van der Waals surface area contributed by atoms with Gasteiger partial charge >= 0.3 is 0 Å². The summed E-state index contributed by atoms with van der Waals surface area (Å²) in [4.78, 5) is 0. The van der Waals surface area contributed by atoms with Gasteiger partial charge in [-0.2, -0.15) is 0 Å². The van der Waals surface area contributed by atoms with Crippen LogP contribution in [0.5, 0.6) is 0 Å². The van der Waals surface area contributed by atoms with Gasteiger partial charge in [-0.1, -0.05) is 59.8 Å². The van der Waals surface area contributed by atoms with Crippen molar-refractivity contribution in [3.8, 4) is 0 Å². The van der Waals surface area contributed by atoms with Crippen LogP contribution in [-0.2, 0) is 0 Å². The lowest BCUT2D eigenvalue weighted by Gasteiger charge is -1.65. The number of hydrogen-bond acceptors (Lipinski definition) is 0. The third kappa shape index (κ3) is 168. The molecule has 0 heteroatoms. The summed E-state index contributed by atoms with van der Waals surface area (Å²) in [5, 5.41) is 0. The fourth-order valence-electron chi connectivity index (χ4n) is 0.236. The van der Waals surface area contributed by atoms with Crippen molar-refractivity contribution in [3.63, 3.8) is 0 Å². The minimum atomic E-state index is 1.08. The van der Waals surface area contributed by atoms with Crippen LogP contribution in [0, 0.1) is 0 Å². The first-order valence-electron chi connectivity index (χ1n) is 5.55. The summed E-state index contributed by atoms with van der Waals surface area (Å²) in [5.74, 6) is 0. The van der Waals surface area contributed by atoms with Crippen LogP contribution < -0.4 is 0 Å². The molecule has 0 radical (unpaired) electrons. The molecule has 0 nitrogen and oxygen atoms in total. The smallest absolute Gasteiger partial charge is 0.0379 e. The zero-order valence-corrected chi connectivity index (χ0v) is 10.9.